The van der Waals surface area contributed by atoms with E-state index in [1.807, 2.05) is 41.4 Å². The van der Waals surface area contributed by atoms with Gasteiger partial charge in [-0.1, -0.05) is 18.2 Å². The van der Waals surface area contributed by atoms with Gasteiger partial charge in [0.25, 0.3) is 0 Å². The fourth-order valence-electron chi connectivity index (χ4n) is 4.01. The number of rotatable bonds is 4. The standard InChI is InChI=1S/C21H26N4O2/c1-16(26)25-9-7-17-14-18(5-6-19(17)25)20(27)15-23-10-12-24(13-11-23)21-4-2-3-8-22-21/h2-6,8,14,20,27H,7,9-13,15H2,1H3. The van der Waals surface area contributed by atoms with Crippen LogP contribution in [-0.4, -0.2) is 60.2 Å². The van der Waals surface area contributed by atoms with E-state index in [0.29, 0.717) is 6.54 Å². The molecule has 1 unspecified atom stereocenters. The molecule has 142 valence electrons. The van der Waals surface area contributed by atoms with Crippen molar-refractivity contribution in [1.82, 2.24) is 9.88 Å². The molecule has 3 heterocycles. The molecule has 0 spiro atoms. The average molecular weight is 366 g/mol. The van der Waals surface area contributed by atoms with Crippen LogP contribution in [0.3, 0.4) is 0 Å². The highest BCUT2D eigenvalue weighted by Gasteiger charge is 2.25. The van der Waals surface area contributed by atoms with Gasteiger partial charge in [-0.2, -0.15) is 0 Å². The van der Waals surface area contributed by atoms with E-state index in [2.05, 4.69) is 20.9 Å². The Bertz CT molecular complexity index is 803. The van der Waals surface area contributed by atoms with Gasteiger partial charge in [0.05, 0.1) is 6.10 Å². The van der Waals surface area contributed by atoms with E-state index in [1.165, 1.54) is 0 Å². The summed E-state index contributed by atoms with van der Waals surface area (Å²) >= 11 is 0. The highest BCUT2D eigenvalue weighted by atomic mass is 16.3. The second-order valence-corrected chi connectivity index (χ2v) is 7.30. The van der Waals surface area contributed by atoms with E-state index in [0.717, 1.165) is 61.8 Å². The van der Waals surface area contributed by atoms with E-state index < -0.39 is 6.10 Å². The number of benzene rings is 1. The van der Waals surface area contributed by atoms with Crippen molar-refractivity contribution in [2.45, 2.75) is 19.4 Å². The van der Waals surface area contributed by atoms with Crippen molar-refractivity contribution in [3.8, 4) is 0 Å². The zero-order valence-corrected chi connectivity index (χ0v) is 15.7. The maximum Gasteiger partial charge on any atom is 0.223 e. The Morgan fingerprint density at radius 2 is 1.96 bits per heavy atom. The van der Waals surface area contributed by atoms with Crippen molar-refractivity contribution in [2.24, 2.45) is 0 Å². The quantitative estimate of drug-likeness (QED) is 0.895. The highest BCUT2D eigenvalue weighted by molar-refractivity contribution is 5.93. The smallest absolute Gasteiger partial charge is 0.223 e. The molecule has 0 bridgehead atoms. The van der Waals surface area contributed by atoms with Crippen molar-refractivity contribution >= 4 is 17.4 Å². The summed E-state index contributed by atoms with van der Waals surface area (Å²) in [5.74, 6) is 1.10. The summed E-state index contributed by atoms with van der Waals surface area (Å²) in [7, 11) is 0. The lowest BCUT2D eigenvalue weighted by atomic mass is 10.0. The molecule has 2 aliphatic heterocycles. The summed E-state index contributed by atoms with van der Waals surface area (Å²) in [4.78, 5) is 22.5. The summed E-state index contributed by atoms with van der Waals surface area (Å²) in [6.45, 7) is 6.63. The first kappa shape index (κ1) is 17.9. The van der Waals surface area contributed by atoms with Gasteiger partial charge in [0.1, 0.15) is 5.82 Å². The molecule has 27 heavy (non-hydrogen) atoms. The van der Waals surface area contributed by atoms with Crippen LogP contribution in [0.1, 0.15) is 24.2 Å². The first-order valence-corrected chi connectivity index (χ1v) is 9.59. The summed E-state index contributed by atoms with van der Waals surface area (Å²) < 4.78 is 0. The van der Waals surface area contributed by atoms with E-state index >= 15 is 0 Å². The maximum absolute atomic E-state index is 11.7. The number of aliphatic hydroxyl groups is 1. The van der Waals surface area contributed by atoms with Crippen molar-refractivity contribution < 1.29 is 9.90 Å². The molecule has 1 aromatic carbocycles. The van der Waals surface area contributed by atoms with Crippen LogP contribution < -0.4 is 9.80 Å². The molecule has 0 saturated carbocycles. The first-order chi connectivity index (χ1) is 13.1. The minimum Gasteiger partial charge on any atom is -0.387 e. The fraction of sp³-hybridized carbons (Fsp3) is 0.429. The Kier molecular flexibility index (Phi) is 5.09. The zero-order chi connectivity index (χ0) is 18.8. The van der Waals surface area contributed by atoms with Crippen LogP contribution in [0.4, 0.5) is 11.5 Å². The second-order valence-electron chi connectivity index (χ2n) is 7.30. The lowest BCUT2D eigenvalue weighted by Crippen LogP contribution is -2.47. The van der Waals surface area contributed by atoms with Crippen LogP contribution in [0, 0.1) is 0 Å². The van der Waals surface area contributed by atoms with Crippen LogP contribution in [-0.2, 0) is 11.2 Å². The number of nitrogens with zero attached hydrogens (tertiary/aromatic N) is 4. The molecular formula is C21H26N4O2. The van der Waals surface area contributed by atoms with Crippen LogP contribution in [0.2, 0.25) is 0 Å². The molecular weight excluding hydrogens is 340 g/mol. The molecule has 0 aliphatic carbocycles. The molecule has 0 radical (unpaired) electrons. The fourth-order valence-corrected chi connectivity index (χ4v) is 4.01. The molecule has 1 saturated heterocycles. The third-order valence-corrected chi connectivity index (χ3v) is 5.54. The molecule has 6 heteroatoms. The lowest BCUT2D eigenvalue weighted by Gasteiger charge is -2.36. The highest BCUT2D eigenvalue weighted by Crippen LogP contribution is 2.31. The van der Waals surface area contributed by atoms with Gasteiger partial charge in [0.15, 0.2) is 0 Å². The number of amides is 1. The molecule has 1 N–H and O–H groups in total. The Hall–Kier alpha value is -2.44. The molecule has 2 aromatic rings. The van der Waals surface area contributed by atoms with Gasteiger partial charge >= 0.3 is 0 Å². The number of aromatic nitrogens is 1. The van der Waals surface area contributed by atoms with Crippen molar-refractivity contribution in [1.29, 1.82) is 0 Å². The Morgan fingerprint density at radius 3 is 2.67 bits per heavy atom. The van der Waals surface area contributed by atoms with E-state index in [4.69, 9.17) is 0 Å². The molecule has 4 rings (SSSR count). The minimum absolute atomic E-state index is 0.0767. The van der Waals surface area contributed by atoms with Gasteiger partial charge in [0, 0.05) is 58.1 Å². The van der Waals surface area contributed by atoms with Crippen LogP contribution in [0.25, 0.3) is 0 Å². The molecule has 2 aliphatic rings. The monoisotopic (exact) mass is 366 g/mol. The predicted molar refractivity (Wildman–Crippen MR) is 106 cm³/mol. The molecule has 1 fully saturated rings. The zero-order valence-electron chi connectivity index (χ0n) is 15.7. The van der Waals surface area contributed by atoms with Gasteiger partial charge in [0.2, 0.25) is 5.91 Å². The number of pyridine rings is 1. The summed E-state index contributed by atoms with van der Waals surface area (Å²) in [5.41, 5.74) is 3.08. The van der Waals surface area contributed by atoms with Gasteiger partial charge < -0.3 is 14.9 Å². The second kappa shape index (κ2) is 7.66. The number of β-amino-alcohol motifs (C(OH)–C–C–N with tert-alkyl or cyclic N) is 1. The maximum atomic E-state index is 11.7. The van der Waals surface area contributed by atoms with Crippen molar-refractivity contribution in [2.75, 3.05) is 49.1 Å². The minimum atomic E-state index is -0.511. The molecule has 1 atom stereocenters. The van der Waals surface area contributed by atoms with E-state index in [-0.39, 0.29) is 5.91 Å². The number of carbonyl (C=O) groups is 1. The Morgan fingerprint density at radius 1 is 1.15 bits per heavy atom. The average Bonchev–Trinajstić information content (AvgIpc) is 3.13. The third kappa shape index (κ3) is 3.82. The number of aliphatic hydroxyl groups excluding tert-OH is 1. The van der Waals surface area contributed by atoms with Gasteiger partial charge in [-0.3, -0.25) is 9.69 Å². The number of fused-ring (bicyclic) bond motifs is 1. The summed E-state index contributed by atoms with van der Waals surface area (Å²) in [5, 5.41) is 10.7. The predicted octanol–water partition coefficient (Wildman–Crippen LogP) is 1.85. The molecule has 1 aromatic heterocycles. The van der Waals surface area contributed by atoms with E-state index in [9.17, 15) is 9.90 Å². The number of hydrogen-bond acceptors (Lipinski definition) is 5. The van der Waals surface area contributed by atoms with Crippen molar-refractivity contribution in [3.05, 3.63) is 53.7 Å². The number of carbonyl (C=O) groups excluding carboxylic acids is 1. The molecule has 1 amide bonds. The van der Waals surface area contributed by atoms with Gasteiger partial charge in [-0.15, -0.1) is 0 Å². The summed E-state index contributed by atoms with van der Waals surface area (Å²) in [6.07, 6.45) is 2.17. The van der Waals surface area contributed by atoms with E-state index in [1.54, 1.807) is 6.92 Å². The SMILES string of the molecule is CC(=O)N1CCc2cc(C(O)CN3CCN(c4ccccn4)CC3)ccc21. The van der Waals surface area contributed by atoms with Gasteiger partial charge in [-0.05, 0) is 35.7 Å². The topological polar surface area (TPSA) is 59.9 Å². The molecule has 6 nitrogen and oxygen atoms in total. The Labute approximate surface area is 160 Å². The Balaban J connectivity index is 1.35. The normalized spacial score (nSPS) is 18.4. The third-order valence-electron chi connectivity index (χ3n) is 5.54. The van der Waals surface area contributed by atoms with Crippen LogP contribution in [0.5, 0.6) is 0 Å². The lowest BCUT2D eigenvalue weighted by molar-refractivity contribution is -0.116. The van der Waals surface area contributed by atoms with Gasteiger partial charge in [-0.25, -0.2) is 4.98 Å². The first-order valence-electron chi connectivity index (χ1n) is 9.59. The largest absolute Gasteiger partial charge is 0.387 e. The summed E-state index contributed by atoms with van der Waals surface area (Å²) in [6, 6.07) is 12.0. The van der Waals surface area contributed by atoms with Crippen molar-refractivity contribution in [3.63, 3.8) is 0 Å². The van der Waals surface area contributed by atoms with Crippen LogP contribution in [0.15, 0.2) is 42.6 Å². The number of anilines is 2. The number of hydrogen-bond donors (Lipinski definition) is 1. The van der Waals surface area contributed by atoms with Crippen LogP contribution >= 0.6 is 0 Å². The number of piperazine rings is 1.